The highest BCUT2D eigenvalue weighted by molar-refractivity contribution is 9.10. The van der Waals surface area contributed by atoms with Crippen molar-refractivity contribution in [3.8, 4) is 0 Å². The minimum atomic E-state index is -0.728. The van der Waals surface area contributed by atoms with E-state index < -0.39 is 5.41 Å². The molecule has 1 aromatic rings. The molecular weight excluding hydrogens is 350 g/mol. The van der Waals surface area contributed by atoms with Gasteiger partial charge in [0.2, 0.25) is 5.91 Å². The maximum atomic E-state index is 12.7. The Morgan fingerprint density at radius 1 is 1.38 bits per heavy atom. The zero-order chi connectivity index (χ0) is 15.5. The largest absolute Gasteiger partial charge is 0.392 e. The number of thiocarbonyl (C=S) groups is 1. The first kappa shape index (κ1) is 16.4. The number of carbonyl (C=O) groups excluding carboxylic acids is 1. The minimum absolute atomic E-state index is 0.119. The molecule has 2 rings (SSSR count). The van der Waals surface area contributed by atoms with E-state index in [0.717, 1.165) is 48.6 Å². The number of anilines is 1. The summed E-state index contributed by atoms with van der Waals surface area (Å²) in [6.45, 7) is 1.95. The zero-order valence-electron chi connectivity index (χ0n) is 12.1. The molecule has 0 atom stereocenters. The van der Waals surface area contributed by atoms with Crippen LogP contribution in [0.25, 0.3) is 0 Å². The van der Waals surface area contributed by atoms with Crippen LogP contribution >= 0.6 is 28.1 Å². The molecule has 0 spiro atoms. The van der Waals surface area contributed by atoms with Gasteiger partial charge in [0.15, 0.2) is 0 Å². The van der Waals surface area contributed by atoms with Gasteiger partial charge in [0.05, 0.1) is 10.4 Å². The summed E-state index contributed by atoms with van der Waals surface area (Å²) in [5.41, 5.74) is 6.21. The Kier molecular flexibility index (Phi) is 5.32. The Labute approximate surface area is 139 Å². The predicted molar refractivity (Wildman–Crippen MR) is 92.2 cm³/mol. The molecule has 1 saturated carbocycles. The zero-order valence-corrected chi connectivity index (χ0v) is 14.5. The fraction of sp³-hybridized carbons (Fsp3) is 0.533. The summed E-state index contributed by atoms with van der Waals surface area (Å²) < 4.78 is 0.916. The van der Waals surface area contributed by atoms with Crippen LogP contribution < -0.4 is 11.1 Å². The van der Waals surface area contributed by atoms with Crippen LogP contribution in [0.4, 0.5) is 5.82 Å². The third kappa shape index (κ3) is 3.61. The van der Waals surface area contributed by atoms with Crippen LogP contribution in [0, 0.1) is 12.3 Å². The average molecular weight is 370 g/mol. The number of nitrogens with one attached hydrogen (secondary N) is 1. The molecule has 4 nitrogen and oxygen atoms in total. The number of hydrogen-bond acceptors (Lipinski definition) is 3. The number of amides is 1. The molecule has 0 aliphatic heterocycles. The van der Waals surface area contributed by atoms with Crippen molar-refractivity contribution >= 4 is 44.9 Å². The first-order chi connectivity index (χ1) is 9.95. The van der Waals surface area contributed by atoms with Gasteiger partial charge < -0.3 is 11.1 Å². The maximum Gasteiger partial charge on any atom is 0.238 e. The summed E-state index contributed by atoms with van der Waals surface area (Å²) in [5.74, 6) is 0.423. The summed E-state index contributed by atoms with van der Waals surface area (Å²) in [6, 6.07) is 1.84. The van der Waals surface area contributed by atoms with Gasteiger partial charge >= 0.3 is 0 Å². The van der Waals surface area contributed by atoms with Crippen molar-refractivity contribution in [2.75, 3.05) is 5.32 Å². The van der Waals surface area contributed by atoms with Gasteiger partial charge in [0, 0.05) is 10.7 Å². The van der Waals surface area contributed by atoms with E-state index in [0.29, 0.717) is 10.8 Å². The Balaban J connectivity index is 2.22. The standard InChI is InChI=1S/C15H20BrN3OS/c1-10-8-12(18-9-11(10)16)19-14(20)15(13(17)21)6-4-2-3-5-7-15/h8-9H,2-7H2,1H3,(H2,17,21)(H,18,19,20). The van der Waals surface area contributed by atoms with Crippen molar-refractivity contribution in [1.82, 2.24) is 4.98 Å². The molecule has 0 aromatic carbocycles. The number of nitrogens with zero attached hydrogens (tertiary/aromatic N) is 1. The van der Waals surface area contributed by atoms with Crippen molar-refractivity contribution < 1.29 is 4.79 Å². The molecular formula is C15H20BrN3OS. The van der Waals surface area contributed by atoms with Gasteiger partial charge in [-0.15, -0.1) is 0 Å². The number of hydrogen-bond donors (Lipinski definition) is 2. The molecule has 1 aliphatic rings. The highest BCUT2D eigenvalue weighted by Gasteiger charge is 2.41. The highest BCUT2D eigenvalue weighted by atomic mass is 79.9. The molecule has 6 heteroatoms. The Morgan fingerprint density at radius 3 is 2.52 bits per heavy atom. The van der Waals surface area contributed by atoms with E-state index in [1.54, 1.807) is 6.20 Å². The monoisotopic (exact) mass is 369 g/mol. The highest BCUT2D eigenvalue weighted by Crippen LogP contribution is 2.36. The van der Waals surface area contributed by atoms with Crippen LogP contribution in [-0.4, -0.2) is 15.9 Å². The van der Waals surface area contributed by atoms with Gasteiger partial charge in [0.25, 0.3) is 0 Å². The maximum absolute atomic E-state index is 12.7. The fourth-order valence-corrected chi connectivity index (χ4v) is 3.27. The number of halogens is 1. The van der Waals surface area contributed by atoms with Gasteiger partial charge in [-0.25, -0.2) is 4.98 Å². The van der Waals surface area contributed by atoms with Crippen LogP contribution in [-0.2, 0) is 4.79 Å². The van der Waals surface area contributed by atoms with Crippen LogP contribution in [0.2, 0.25) is 0 Å². The van der Waals surface area contributed by atoms with E-state index in [2.05, 4.69) is 26.2 Å². The van der Waals surface area contributed by atoms with Crippen molar-refractivity contribution in [2.45, 2.75) is 45.4 Å². The van der Waals surface area contributed by atoms with Gasteiger partial charge in [-0.1, -0.05) is 37.9 Å². The number of pyridine rings is 1. The number of aryl methyl sites for hydroxylation is 1. The first-order valence-electron chi connectivity index (χ1n) is 7.19. The molecule has 1 aromatic heterocycles. The Hall–Kier alpha value is -1.01. The molecule has 0 radical (unpaired) electrons. The summed E-state index contributed by atoms with van der Waals surface area (Å²) in [6.07, 6.45) is 7.37. The van der Waals surface area contributed by atoms with Gasteiger partial charge in [-0.05, 0) is 47.3 Å². The lowest BCUT2D eigenvalue weighted by atomic mass is 9.79. The second kappa shape index (κ2) is 6.83. The molecule has 0 unspecified atom stereocenters. The molecule has 1 heterocycles. The number of carbonyl (C=O) groups is 1. The molecule has 1 amide bonds. The summed E-state index contributed by atoms with van der Waals surface area (Å²) in [7, 11) is 0. The van der Waals surface area contributed by atoms with E-state index in [1.165, 1.54) is 0 Å². The normalized spacial score (nSPS) is 17.8. The molecule has 114 valence electrons. The van der Waals surface area contributed by atoms with Crippen LogP contribution in [0.1, 0.15) is 44.1 Å². The second-order valence-corrected chi connectivity index (χ2v) is 6.93. The van der Waals surface area contributed by atoms with Crippen LogP contribution in [0.5, 0.6) is 0 Å². The van der Waals surface area contributed by atoms with Crippen molar-refractivity contribution in [1.29, 1.82) is 0 Å². The number of rotatable bonds is 3. The van der Waals surface area contributed by atoms with E-state index in [4.69, 9.17) is 18.0 Å². The van der Waals surface area contributed by atoms with Gasteiger partial charge in [-0.3, -0.25) is 4.79 Å². The summed E-state index contributed by atoms with van der Waals surface area (Å²) in [4.78, 5) is 17.3. The summed E-state index contributed by atoms with van der Waals surface area (Å²) >= 11 is 8.62. The average Bonchev–Trinajstić information content (AvgIpc) is 2.69. The molecule has 0 saturated heterocycles. The molecule has 21 heavy (non-hydrogen) atoms. The van der Waals surface area contributed by atoms with E-state index in [-0.39, 0.29) is 5.91 Å². The van der Waals surface area contributed by atoms with Crippen LogP contribution in [0.3, 0.4) is 0 Å². The van der Waals surface area contributed by atoms with Crippen molar-refractivity contribution in [3.05, 3.63) is 22.3 Å². The number of nitrogens with two attached hydrogens (primary N) is 1. The van der Waals surface area contributed by atoms with Crippen molar-refractivity contribution in [3.63, 3.8) is 0 Å². The topological polar surface area (TPSA) is 68.0 Å². The lowest BCUT2D eigenvalue weighted by Crippen LogP contribution is -2.45. The number of aromatic nitrogens is 1. The predicted octanol–water partition coefficient (Wildman–Crippen LogP) is 3.72. The minimum Gasteiger partial charge on any atom is -0.392 e. The Morgan fingerprint density at radius 2 is 2.00 bits per heavy atom. The SMILES string of the molecule is Cc1cc(NC(=O)C2(C(N)=S)CCCCCC2)ncc1Br. The quantitative estimate of drug-likeness (QED) is 0.629. The van der Waals surface area contributed by atoms with E-state index >= 15 is 0 Å². The third-order valence-electron chi connectivity index (χ3n) is 4.15. The molecule has 0 bridgehead atoms. The fourth-order valence-electron chi connectivity index (χ4n) is 2.76. The van der Waals surface area contributed by atoms with Gasteiger partial charge in [-0.2, -0.15) is 0 Å². The van der Waals surface area contributed by atoms with Gasteiger partial charge in [0.1, 0.15) is 5.82 Å². The lowest BCUT2D eigenvalue weighted by molar-refractivity contribution is -0.122. The molecule has 3 N–H and O–H groups in total. The molecule has 1 aliphatic carbocycles. The van der Waals surface area contributed by atoms with E-state index in [9.17, 15) is 4.79 Å². The van der Waals surface area contributed by atoms with Crippen LogP contribution in [0.15, 0.2) is 16.7 Å². The lowest BCUT2D eigenvalue weighted by Gasteiger charge is -2.30. The summed E-state index contributed by atoms with van der Waals surface area (Å²) in [5, 5.41) is 2.89. The van der Waals surface area contributed by atoms with Crippen molar-refractivity contribution in [2.24, 2.45) is 11.1 Å². The first-order valence-corrected chi connectivity index (χ1v) is 8.39. The van der Waals surface area contributed by atoms with E-state index in [1.807, 2.05) is 13.0 Å². The Bertz CT molecular complexity index is 554. The smallest absolute Gasteiger partial charge is 0.238 e. The third-order valence-corrected chi connectivity index (χ3v) is 5.37. The second-order valence-electron chi connectivity index (χ2n) is 5.63. The molecule has 1 fully saturated rings.